The molecule has 0 aromatic heterocycles. The molecule has 0 saturated heterocycles. The quantitative estimate of drug-likeness (QED) is 0.198. The van der Waals surface area contributed by atoms with Crippen LogP contribution < -0.4 is 15.4 Å². The van der Waals surface area contributed by atoms with Gasteiger partial charge in [0.15, 0.2) is 5.96 Å². The highest BCUT2D eigenvalue weighted by Gasteiger charge is 2.20. The van der Waals surface area contributed by atoms with Crippen LogP contribution in [0.3, 0.4) is 0 Å². The van der Waals surface area contributed by atoms with Gasteiger partial charge in [-0.05, 0) is 44.7 Å². The molecule has 9 heteroatoms. The Bertz CT molecular complexity index is 647. The van der Waals surface area contributed by atoms with Gasteiger partial charge < -0.3 is 15.7 Å². The molecule has 1 aromatic carbocycles. The van der Waals surface area contributed by atoms with E-state index in [1.54, 1.807) is 30.3 Å². The summed E-state index contributed by atoms with van der Waals surface area (Å²) in [6.07, 6.45) is 3.23. The first kappa shape index (κ1) is 23.1. The Morgan fingerprint density at radius 2 is 1.85 bits per heavy atom. The number of aliphatic hydroxyl groups is 1. The molecule has 1 aliphatic carbocycles. The molecule has 0 radical (unpaired) electrons. The number of guanidine groups is 1. The number of aliphatic imine (C=N–C) groups is 1. The van der Waals surface area contributed by atoms with Crippen LogP contribution >= 0.6 is 24.0 Å². The molecule has 0 atom stereocenters. The predicted octanol–water partition coefficient (Wildman–Crippen LogP) is 1.44. The number of benzene rings is 1. The Balaban J connectivity index is 0.00000338. The van der Waals surface area contributed by atoms with Crippen molar-refractivity contribution in [3.8, 4) is 0 Å². The van der Waals surface area contributed by atoms with Gasteiger partial charge in [0.2, 0.25) is 10.0 Å². The molecule has 1 aliphatic rings. The van der Waals surface area contributed by atoms with Crippen LogP contribution in [0.5, 0.6) is 0 Å². The average molecular weight is 496 g/mol. The van der Waals surface area contributed by atoms with Crippen molar-refractivity contribution in [2.75, 3.05) is 19.6 Å². The minimum Gasteiger partial charge on any atom is -0.393 e. The van der Waals surface area contributed by atoms with Gasteiger partial charge in [-0.3, -0.25) is 4.99 Å². The van der Waals surface area contributed by atoms with Crippen LogP contribution in [0.1, 0.15) is 32.6 Å². The Morgan fingerprint density at radius 3 is 2.46 bits per heavy atom. The molecule has 2 rings (SSSR count). The van der Waals surface area contributed by atoms with E-state index >= 15 is 0 Å². The van der Waals surface area contributed by atoms with Crippen LogP contribution in [-0.4, -0.2) is 51.3 Å². The monoisotopic (exact) mass is 496 g/mol. The van der Waals surface area contributed by atoms with Crippen LogP contribution in [0.4, 0.5) is 0 Å². The lowest BCUT2D eigenvalue weighted by atomic mass is 9.93. The van der Waals surface area contributed by atoms with Crippen LogP contribution in [-0.2, 0) is 10.0 Å². The minimum atomic E-state index is -3.49. The fraction of sp³-hybridized carbons (Fsp3) is 0.588. The second kappa shape index (κ2) is 11.7. The van der Waals surface area contributed by atoms with E-state index in [-0.39, 0.29) is 41.5 Å². The molecule has 1 saturated carbocycles. The first-order chi connectivity index (χ1) is 12.0. The van der Waals surface area contributed by atoms with Crippen molar-refractivity contribution in [2.24, 2.45) is 4.99 Å². The maximum absolute atomic E-state index is 12.1. The van der Waals surface area contributed by atoms with Crippen LogP contribution in [0, 0.1) is 0 Å². The molecule has 148 valence electrons. The summed E-state index contributed by atoms with van der Waals surface area (Å²) < 4.78 is 26.8. The summed E-state index contributed by atoms with van der Waals surface area (Å²) in [6.45, 7) is 3.30. The summed E-state index contributed by atoms with van der Waals surface area (Å²) >= 11 is 0. The molecular formula is C17H29IN4O3S. The van der Waals surface area contributed by atoms with Gasteiger partial charge >= 0.3 is 0 Å². The first-order valence-electron chi connectivity index (χ1n) is 8.79. The van der Waals surface area contributed by atoms with Crippen molar-refractivity contribution < 1.29 is 13.5 Å². The van der Waals surface area contributed by atoms with E-state index in [1.165, 1.54) is 0 Å². The fourth-order valence-corrected chi connectivity index (χ4v) is 3.81. The van der Waals surface area contributed by atoms with Gasteiger partial charge in [-0.2, -0.15) is 0 Å². The van der Waals surface area contributed by atoms with E-state index in [0.29, 0.717) is 18.5 Å². The number of nitrogens with one attached hydrogen (secondary N) is 3. The number of aliphatic hydroxyl groups excluding tert-OH is 1. The molecule has 4 N–H and O–H groups in total. The van der Waals surface area contributed by atoms with E-state index < -0.39 is 10.0 Å². The van der Waals surface area contributed by atoms with Gasteiger partial charge in [0.25, 0.3) is 0 Å². The number of hydrogen-bond acceptors (Lipinski definition) is 4. The van der Waals surface area contributed by atoms with Crippen molar-refractivity contribution >= 4 is 40.0 Å². The van der Waals surface area contributed by atoms with Crippen LogP contribution in [0.2, 0.25) is 0 Å². The lowest BCUT2D eigenvalue weighted by Gasteiger charge is -2.27. The highest BCUT2D eigenvalue weighted by molar-refractivity contribution is 14.0. The maximum atomic E-state index is 12.1. The second-order valence-corrected chi connectivity index (χ2v) is 7.89. The Kier molecular flexibility index (Phi) is 10.4. The van der Waals surface area contributed by atoms with Gasteiger partial charge in [-0.15, -0.1) is 24.0 Å². The molecular weight excluding hydrogens is 467 g/mol. The third-order valence-electron chi connectivity index (χ3n) is 4.11. The Hall–Kier alpha value is -0.910. The lowest BCUT2D eigenvalue weighted by Crippen LogP contribution is -2.45. The molecule has 0 amide bonds. The van der Waals surface area contributed by atoms with Gasteiger partial charge in [0.1, 0.15) is 0 Å². The third-order valence-corrected chi connectivity index (χ3v) is 5.59. The van der Waals surface area contributed by atoms with Crippen molar-refractivity contribution in [1.82, 2.24) is 15.4 Å². The van der Waals surface area contributed by atoms with Gasteiger partial charge in [-0.1, -0.05) is 18.2 Å². The van der Waals surface area contributed by atoms with E-state index in [2.05, 4.69) is 20.3 Å². The molecule has 26 heavy (non-hydrogen) atoms. The molecule has 1 fully saturated rings. The number of hydrogen-bond donors (Lipinski definition) is 4. The summed E-state index contributed by atoms with van der Waals surface area (Å²) in [6, 6.07) is 8.59. The lowest BCUT2D eigenvalue weighted by molar-refractivity contribution is 0.120. The molecule has 0 aliphatic heterocycles. The van der Waals surface area contributed by atoms with E-state index in [1.807, 2.05) is 6.92 Å². The van der Waals surface area contributed by atoms with Crippen LogP contribution in [0.25, 0.3) is 0 Å². The van der Waals surface area contributed by atoms with E-state index in [9.17, 15) is 13.5 Å². The summed E-state index contributed by atoms with van der Waals surface area (Å²) in [7, 11) is -3.49. The fourth-order valence-electron chi connectivity index (χ4n) is 2.76. The van der Waals surface area contributed by atoms with E-state index in [4.69, 9.17) is 0 Å². The number of sulfonamides is 1. The molecule has 0 unspecified atom stereocenters. The molecule has 0 spiro atoms. The smallest absolute Gasteiger partial charge is 0.240 e. The normalized spacial score (nSPS) is 20.9. The highest BCUT2D eigenvalue weighted by atomic mass is 127. The Labute approximate surface area is 173 Å². The van der Waals surface area contributed by atoms with Gasteiger partial charge in [0.05, 0.1) is 17.5 Å². The third kappa shape index (κ3) is 7.77. The maximum Gasteiger partial charge on any atom is 0.240 e. The predicted molar refractivity (Wildman–Crippen MR) is 114 cm³/mol. The largest absolute Gasteiger partial charge is 0.393 e. The summed E-state index contributed by atoms with van der Waals surface area (Å²) in [5.41, 5.74) is 0. The number of rotatable bonds is 7. The van der Waals surface area contributed by atoms with Crippen LogP contribution in [0.15, 0.2) is 40.2 Å². The molecule has 0 heterocycles. The second-order valence-electron chi connectivity index (χ2n) is 6.12. The van der Waals surface area contributed by atoms with Gasteiger partial charge in [-0.25, -0.2) is 13.1 Å². The topological polar surface area (TPSA) is 103 Å². The first-order valence-corrected chi connectivity index (χ1v) is 10.3. The van der Waals surface area contributed by atoms with Gasteiger partial charge in [0, 0.05) is 19.1 Å². The van der Waals surface area contributed by atoms with Crippen molar-refractivity contribution in [3.63, 3.8) is 0 Å². The SMILES string of the molecule is CCNC(=NCCNS(=O)(=O)c1ccccc1)NC1CCC(O)CC1.I. The highest BCUT2D eigenvalue weighted by Crippen LogP contribution is 2.18. The number of nitrogens with zero attached hydrogens (tertiary/aromatic N) is 1. The van der Waals surface area contributed by atoms with E-state index in [0.717, 1.165) is 32.2 Å². The molecule has 7 nitrogen and oxygen atoms in total. The standard InChI is InChI=1S/C17H28N4O3S.HI/c1-2-18-17(21-14-8-10-15(22)11-9-14)19-12-13-20-25(23,24)16-6-4-3-5-7-16;/h3-7,14-15,20,22H,2,8-13H2,1H3,(H2,18,19,21);1H. The zero-order chi connectivity index (χ0) is 18.1. The van der Waals surface area contributed by atoms with Crippen molar-refractivity contribution in [2.45, 2.75) is 49.6 Å². The molecule has 1 aromatic rings. The average Bonchev–Trinajstić information content (AvgIpc) is 2.61. The van der Waals surface area contributed by atoms with Crippen molar-refractivity contribution in [1.29, 1.82) is 0 Å². The van der Waals surface area contributed by atoms with Crippen molar-refractivity contribution in [3.05, 3.63) is 30.3 Å². The summed E-state index contributed by atoms with van der Waals surface area (Å²) in [5.74, 6) is 0.683. The number of halogens is 1. The zero-order valence-corrected chi connectivity index (χ0v) is 18.2. The minimum absolute atomic E-state index is 0. The molecule has 0 bridgehead atoms. The summed E-state index contributed by atoms with van der Waals surface area (Å²) in [5, 5.41) is 16.1. The Morgan fingerprint density at radius 1 is 1.19 bits per heavy atom. The zero-order valence-electron chi connectivity index (χ0n) is 15.0. The summed E-state index contributed by atoms with van der Waals surface area (Å²) in [4.78, 5) is 4.68.